The van der Waals surface area contributed by atoms with Crippen molar-refractivity contribution >= 4 is 23.2 Å². The highest BCUT2D eigenvalue weighted by Crippen LogP contribution is 2.36. The maximum atomic E-state index is 12.5. The van der Waals surface area contributed by atoms with Crippen LogP contribution in [0.15, 0.2) is 48.5 Å². The Morgan fingerprint density at radius 3 is 2.17 bits per heavy atom. The first-order chi connectivity index (χ1) is 14.2. The molecule has 5 rings (SSSR count). The molecule has 0 bridgehead atoms. The predicted octanol–water partition coefficient (Wildman–Crippen LogP) is 3.28. The third-order valence-electron chi connectivity index (χ3n) is 5.15. The minimum atomic E-state index is -0.208. The number of carbonyl (C=O) groups is 2. The Morgan fingerprint density at radius 2 is 1.52 bits per heavy atom. The smallest absolute Gasteiger partial charge is 0.255 e. The van der Waals surface area contributed by atoms with Crippen LogP contribution in [-0.2, 0) is 4.79 Å². The van der Waals surface area contributed by atoms with E-state index in [1.165, 1.54) is 0 Å². The first kappa shape index (κ1) is 17.5. The van der Waals surface area contributed by atoms with Gasteiger partial charge in [-0.1, -0.05) is 0 Å². The average molecular weight is 388 g/mol. The fourth-order valence-corrected chi connectivity index (χ4v) is 3.15. The summed E-state index contributed by atoms with van der Waals surface area (Å²) < 4.78 is 1.86. The number of hydrogen-bond acceptors (Lipinski definition) is 5. The molecule has 1 heterocycles. The van der Waals surface area contributed by atoms with Crippen molar-refractivity contribution in [2.45, 2.75) is 31.7 Å². The highest BCUT2D eigenvalue weighted by molar-refractivity contribution is 6.04. The van der Waals surface area contributed by atoms with Crippen molar-refractivity contribution in [1.82, 2.24) is 20.2 Å². The number of aromatic nitrogens is 4. The van der Waals surface area contributed by atoms with Gasteiger partial charge >= 0.3 is 0 Å². The molecule has 0 spiro atoms. The largest absolute Gasteiger partial charge is 0.326 e. The van der Waals surface area contributed by atoms with E-state index in [2.05, 4.69) is 26.2 Å². The Bertz CT molecular complexity index is 1050. The van der Waals surface area contributed by atoms with Gasteiger partial charge in [0.25, 0.3) is 5.91 Å². The third kappa shape index (κ3) is 3.87. The molecule has 0 atom stereocenters. The fraction of sp³-hybridized carbons (Fsp3) is 0.286. The number of hydrogen-bond donors (Lipinski definition) is 2. The molecular formula is C21H20N6O2. The average Bonchev–Trinajstić information content (AvgIpc) is 3.67. The molecule has 0 unspecified atom stereocenters. The van der Waals surface area contributed by atoms with Crippen molar-refractivity contribution in [3.8, 4) is 11.4 Å². The molecule has 2 aromatic carbocycles. The van der Waals surface area contributed by atoms with E-state index in [0.29, 0.717) is 23.0 Å². The summed E-state index contributed by atoms with van der Waals surface area (Å²) in [6.45, 7) is 0. The maximum Gasteiger partial charge on any atom is 0.255 e. The minimum Gasteiger partial charge on any atom is -0.326 e. The molecular weight excluding hydrogens is 368 g/mol. The van der Waals surface area contributed by atoms with Crippen LogP contribution >= 0.6 is 0 Å². The lowest BCUT2D eigenvalue weighted by Crippen LogP contribution is -2.14. The van der Waals surface area contributed by atoms with Crippen LogP contribution in [0.4, 0.5) is 11.4 Å². The number of rotatable bonds is 6. The fourth-order valence-electron chi connectivity index (χ4n) is 3.15. The van der Waals surface area contributed by atoms with E-state index in [1.807, 2.05) is 28.9 Å². The van der Waals surface area contributed by atoms with Crippen LogP contribution in [0.25, 0.3) is 11.4 Å². The predicted molar refractivity (Wildman–Crippen MR) is 107 cm³/mol. The highest BCUT2D eigenvalue weighted by atomic mass is 16.2. The highest BCUT2D eigenvalue weighted by Gasteiger charge is 2.29. The third-order valence-corrected chi connectivity index (χ3v) is 5.15. The van der Waals surface area contributed by atoms with Crippen LogP contribution in [-0.4, -0.2) is 32.0 Å². The molecule has 8 nitrogen and oxygen atoms in total. The van der Waals surface area contributed by atoms with E-state index < -0.39 is 0 Å². The summed E-state index contributed by atoms with van der Waals surface area (Å²) in [5.74, 6) is 0.736. The lowest BCUT2D eigenvalue weighted by Gasteiger charge is -2.08. The van der Waals surface area contributed by atoms with Crippen LogP contribution in [0.2, 0.25) is 0 Å². The minimum absolute atomic E-state index is 0.0509. The van der Waals surface area contributed by atoms with E-state index in [1.54, 1.807) is 24.3 Å². The second kappa shape index (κ2) is 7.12. The Kier molecular flexibility index (Phi) is 4.31. The zero-order chi connectivity index (χ0) is 19.8. The molecule has 1 aromatic heterocycles. The van der Waals surface area contributed by atoms with Gasteiger partial charge in [0.05, 0.1) is 6.04 Å². The van der Waals surface area contributed by atoms with Crippen molar-refractivity contribution in [2.24, 2.45) is 5.92 Å². The molecule has 2 fully saturated rings. The summed E-state index contributed by atoms with van der Waals surface area (Å²) in [6, 6.07) is 14.8. The summed E-state index contributed by atoms with van der Waals surface area (Å²) in [5.41, 5.74) is 2.83. The molecule has 0 radical (unpaired) electrons. The first-order valence-corrected chi connectivity index (χ1v) is 9.78. The molecule has 2 amide bonds. The van der Waals surface area contributed by atoms with E-state index >= 15 is 0 Å². The van der Waals surface area contributed by atoms with Crippen LogP contribution in [0.1, 0.15) is 42.1 Å². The molecule has 146 valence electrons. The lowest BCUT2D eigenvalue weighted by atomic mass is 10.1. The number of benzene rings is 2. The quantitative estimate of drug-likeness (QED) is 0.675. The van der Waals surface area contributed by atoms with Crippen LogP contribution in [0, 0.1) is 5.92 Å². The van der Waals surface area contributed by atoms with Crippen LogP contribution in [0.3, 0.4) is 0 Å². The van der Waals surface area contributed by atoms with Gasteiger partial charge in [-0.25, -0.2) is 4.68 Å². The first-order valence-electron chi connectivity index (χ1n) is 9.78. The van der Waals surface area contributed by atoms with E-state index in [9.17, 15) is 9.59 Å². The Labute approximate surface area is 167 Å². The molecule has 0 saturated heterocycles. The standard InChI is InChI=1S/C21H20N6O2/c28-20(14-1-2-14)23-17-9-5-15(6-10-17)21(29)22-16-7-3-13(4-8-16)19-24-25-26-27(19)18-11-12-18/h3-10,14,18H,1-2,11-12H2,(H,22,29)(H,23,28). The van der Waals surface area contributed by atoms with Gasteiger partial charge in [0, 0.05) is 28.4 Å². The Hall–Kier alpha value is -3.55. The van der Waals surface area contributed by atoms with Crippen molar-refractivity contribution in [2.75, 3.05) is 10.6 Å². The van der Waals surface area contributed by atoms with Crippen molar-refractivity contribution in [3.05, 3.63) is 54.1 Å². The number of anilines is 2. The second-order valence-corrected chi connectivity index (χ2v) is 7.55. The van der Waals surface area contributed by atoms with E-state index in [-0.39, 0.29) is 17.7 Å². The van der Waals surface area contributed by atoms with Gasteiger partial charge in [-0.15, -0.1) is 5.10 Å². The SMILES string of the molecule is O=C(Nc1ccc(-c2nnnn2C2CC2)cc1)c1ccc(NC(=O)C2CC2)cc1. The van der Waals surface area contributed by atoms with Crippen LogP contribution < -0.4 is 10.6 Å². The molecule has 29 heavy (non-hydrogen) atoms. The van der Waals surface area contributed by atoms with Crippen molar-refractivity contribution in [3.63, 3.8) is 0 Å². The topological polar surface area (TPSA) is 102 Å². The molecule has 2 aliphatic carbocycles. The molecule has 2 aliphatic rings. The number of amides is 2. The molecule has 2 saturated carbocycles. The van der Waals surface area contributed by atoms with Gasteiger partial charge in [0.2, 0.25) is 5.91 Å². The lowest BCUT2D eigenvalue weighted by molar-refractivity contribution is -0.117. The van der Waals surface area contributed by atoms with Gasteiger partial charge in [-0.2, -0.15) is 0 Å². The number of nitrogens with zero attached hydrogens (tertiary/aromatic N) is 4. The zero-order valence-electron chi connectivity index (χ0n) is 15.7. The van der Waals surface area contributed by atoms with Gasteiger partial charge in [-0.05, 0) is 84.6 Å². The molecule has 3 aromatic rings. The Morgan fingerprint density at radius 1 is 0.862 bits per heavy atom. The number of tetrazole rings is 1. The van der Waals surface area contributed by atoms with Gasteiger partial charge < -0.3 is 10.6 Å². The summed E-state index contributed by atoms with van der Waals surface area (Å²) in [5, 5.41) is 17.7. The normalized spacial score (nSPS) is 15.7. The van der Waals surface area contributed by atoms with E-state index in [0.717, 1.165) is 37.1 Å². The van der Waals surface area contributed by atoms with Crippen molar-refractivity contribution < 1.29 is 9.59 Å². The second-order valence-electron chi connectivity index (χ2n) is 7.55. The zero-order valence-corrected chi connectivity index (χ0v) is 15.7. The van der Waals surface area contributed by atoms with Gasteiger partial charge in [-0.3, -0.25) is 9.59 Å². The number of nitrogens with one attached hydrogen (secondary N) is 2. The van der Waals surface area contributed by atoms with Crippen LogP contribution in [0.5, 0.6) is 0 Å². The van der Waals surface area contributed by atoms with Gasteiger partial charge in [0.15, 0.2) is 5.82 Å². The van der Waals surface area contributed by atoms with E-state index in [4.69, 9.17) is 0 Å². The monoisotopic (exact) mass is 388 g/mol. The molecule has 8 heteroatoms. The summed E-state index contributed by atoms with van der Waals surface area (Å²) in [7, 11) is 0. The number of carbonyl (C=O) groups excluding carboxylic acids is 2. The maximum absolute atomic E-state index is 12.5. The van der Waals surface area contributed by atoms with Gasteiger partial charge in [0.1, 0.15) is 0 Å². The summed E-state index contributed by atoms with van der Waals surface area (Å²) in [6.07, 6.45) is 4.13. The summed E-state index contributed by atoms with van der Waals surface area (Å²) in [4.78, 5) is 24.3. The van der Waals surface area contributed by atoms with Crippen molar-refractivity contribution in [1.29, 1.82) is 0 Å². The summed E-state index contributed by atoms with van der Waals surface area (Å²) >= 11 is 0. The Balaban J connectivity index is 1.23. The molecule has 0 aliphatic heterocycles. The molecule has 2 N–H and O–H groups in total.